The number of nitrogens with zero attached hydrogens (tertiary/aromatic N) is 3. The Morgan fingerprint density at radius 2 is 1.64 bits per heavy atom. The van der Waals surface area contributed by atoms with Crippen molar-refractivity contribution in [3.8, 4) is 17.2 Å². The molecule has 0 atom stereocenters. The summed E-state index contributed by atoms with van der Waals surface area (Å²) in [5.41, 5.74) is 3.48. The van der Waals surface area contributed by atoms with E-state index in [9.17, 15) is 25.0 Å². The van der Waals surface area contributed by atoms with Crippen molar-refractivity contribution in [1.29, 1.82) is 0 Å². The monoisotopic (exact) mass is 450 g/mol. The topological polar surface area (TPSA) is 146 Å². The fourth-order valence-electron chi connectivity index (χ4n) is 2.75. The maximum Gasteiger partial charge on any atom is 0.318 e. The van der Waals surface area contributed by atoms with Crippen molar-refractivity contribution >= 4 is 23.5 Å². The lowest BCUT2D eigenvalue weighted by atomic mass is 10.1. The summed E-state index contributed by atoms with van der Waals surface area (Å²) in [6.45, 7) is 1.92. The Labute approximate surface area is 187 Å². The molecule has 1 N–H and O–H groups in total. The summed E-state index contributed by atoms with van der Waals surface area (Å²) < 4.78 is 10.9. The van der Waals surface area contributed by atoms with Crippen LogP contribution in [-0.2, 0) is 0 Å². The number of carbonyl (C=O) groups excluding carboxylic acids is 1. The van der Waals surface area contributed by atoms with E-state index >= 15 is 0 Å². The first kappa shape index (κ1) is 22.9. The number of nitro benzene ring substituents is 2. The normalized spacial score (nSPS) is 10.6. The van der Waals surface area contributed by atoms with Crippen LogP contribution in [0.15, 0.2) is 65.8 Å². The molecule has 0 aliphatic heterocycles. The van der Waals surface area contributed by atoms with E-state index in [0.717, 1.165) is 23.8 Å². The second-order valence-corrected chi connectivity index (χ2v) is 6.74. The zero-order valence-electron chi connectivity index (χ0n) is 17.6. The lowest BCUT2D eigenvalue weighted by Gasteiger charge is -2.11. The maximum atomic E-state index is 12.1. The molecule has 0 heterocycles. The molecule has 0 bridgehead atoms. The highest BCUT2D eigenvalue weighted by molar-refractivity contribution is 5.94. The van der Waals surface area contributed by atoms with Crippen LogP contribution in [0.3, 0.4) is 0 Å². The number of hydrazone groups is 1. The number of amides is 1. The first-order valence-electron chi connectivity index (χ1n) is 9.47. The van der Waals surface area contributed by atoms with Gasteiger partial charge in [-0.05, 0) is 48.9 Å². The number of carbonyl (C=O) groups is 1. The van der Waals surface area contributed by atoms with Crippen molar-refractivity contribution < 1.29 is 24.1 Å². The minimum absolute atomic E-state index is 0.148. The largest absolute Gasteiger partial charge is 0.493 e. The predicted molar refractivity (Wildman–Crippen MR) is 119 cm³/mol. The average molecular weight is 450 g/mol. The van der Waals surface area contributed by atoms with Gasteiger partial charge in [0.2, 0.25) is 5.75 Å². The second-order valence-electron chi connectivity index (χ2n) is 6.74. The van der Waals surface area contributed by atoms with Gasteiger partial charge in [0.25, 0.3) is 11.6 Å². The minimum atomic E-state index is -0.771. The highest BCUT2D eigenvalue weighted by Crippen LogP contribution is 2.38. The smallest absolute Gasteiger partial charge is 0.318 e. The van der Waals surface area contributed by atoms with E-state index in [1.807, 2.05) is 19.1 Å². The molecule has 11 heteroatoms. The van der Waals surface area contributed by atoms with Gasteiger partial charge in [-0.3, -0.25) is 25.0 Å². The van der Waals surface area contributed by atoms with E-state index in [1.54, 1.807) is 24.3 Å². The molecule has 1 amide bonds. The molecule has 3 aromatic rings. The molecule has 0 spiro atoms. The van der Waals surface area contributed by atoms with Crippen LogP contribution in [-0.4, -0.2) is 29.1 Å². The maximum absolute atomic E-state index is 12.1. The van der Waals surface area contributed by atoms with E-state index in [0.29, 0.717) is 11.1 Å². The summed E-state index contributed by atoms with van der Waals surface area (Å²) in [6, 6.07) is 14.7. The molecule has 0 saturated carbocycles. The molecule has 0 unspecified atom stereocenters. The Morgan fingerprint density at radius 1 is 0.939 bits per heavy atom. The van der Waals surface area contributed by atoms with Crippen LogP contribution < -0.4 is 14.9 Å². The molecule has 11 nitrogen and oxygen atoms in total. The van der Waals surface area contributed by atoms with Gasteiger partial charge in [0.1, 0.15) is 0 Å². The standard InChI is InChI=1S/C22H18N4O7/c1-14-3-6-16(7-4-14)22(27)24-23-13-15-5-9-20(21(11-15)32-2)33-19-10-8-17(25(28)29)12-18(19)26(30)31/h3-13H,1-2H3,(H,24,27). The van der Waals surface area contributed by atoms with E-state index in [2.05, 4.69) is 10.5 Å². The molecule has 0 aromatic heterocycles. The molecular weight excluding hydrogens is 432 g/mol. The van der Waals surface area contributed by atoms with Crippen molar-refractivity contribution in [3.63, 3.8) is 0 Å². The van der Waals surface area contributed by atoms with Crippen molar-refractivity contribution in [2.75, 3.05) is 7.11 Å². The molecule has 3 rings (SSSR count). The van der Waals surface area contributed by atoms with Gasteiger partial charge in [-0.2, -0.15) is 5.10 Å². The van der Waals surface area contributed by atoms with Crippen molar-refractivity contribution in [1.82, 2.24) is 5.43 Å². The van der Waals surface area contributed by atoms with E-state index < -0.39 is 21.2 Å². The molecule has 168 valence electrons. The van der Waals surface area contributed by atoms with Crippen LogP contribution in [0.25, 0.3) is 0 Å². The fraction of sp³-hybridized carbons (Fsp3) is 0.0909. The number of non-ortho nitro benzene ring substituents is 1. The summed E-state index contributed by atoms with van der Waals surface area (Å²) in [6.07, 6.45) is 1.40. The predicted octanol–water partition coefficient (Wildman–Crippen LogP) is 4.38. The van der Waals surface area contributed by atoms with Crippen molar-refractivity contribution in [2.45, 2.75) is 6.92 Å². The Hall–Kier alpha value is -4.80. The van der Waals surface area contributed by atoms with E-state index in [4.69, 9.17) is 9.47 Å². The quantitative estimate of drug-likeness (QED) is 0.304. The van der Waals surface area contributed by atoms with Gasteiger partial charge < -0.3 is 9.47 Å². The molecule has 0 aliphatic carbocycles. The number of hydrogen-bond donors (Lipinski definition) is 1. The zero-order chi connectivity index (χ0) is 24.0. The van der Waals surface area contributed by atoms with Crippen molar-refractivity contribution in [2.24, 2.45) is 5.10 Å². The minimum Gasteiger partial charge on any atom is -0.493 e. The molecule has 0 saturated heterocycles. The third-order valence-corrected chi connectivity index (χ3v) is 4.45. The Bertz CT molecular complexity index is 1240. The zero-order valence-corrected chi connectivity index (χ0v) is 17.6. The summed E-state index contributed by atoms with van der Waals surface area (Å²) >= 11 is 0. The van der Waals surface area contributed by atoms with Gasteiger partial charge in [-0.25, -0.2) is 5.43 Å². The van der Waals surface area contributed by atoms with Crippen molar-refractivity contribution in [3.05, 3.63) is 97.6 Å². The van der Waals surface area contributed by atoms with Crippen LogP contribution in [0.5, 0.6) is 17.2 Å². The summed E-state index contributed by atoms with van der Waals surface area (Å²) in [5, 5.41) is 26.1. The van der Waals surface area contributed by atoms with Gasteiger partial charge in [0.05, 0.1) is 29.2 Å². The third kappa shape index (κ3) is 5.67. The number of hydrogen-bond acceptors (Lipinski definition) is 8. The van der Waals surface area contributed by atoms with Crippen LogP contribution in [0.2, 0.25) is 0 Å². The van der Waals surface area contributed by atoms with Gasteiger partial charge in [0, 0.05) is 11.6 Å². The molecule has 0 fully saturated rings. The third-order valence-electron chi connectivity index (χ3n) is 4.45. The first-order valence-corrected chi connectivity index (χ1v) is 9.47. The van der Waals surface area contributed by atoms with E-state index in [1.165, 1.54) is 19.4 Å². The Balaban J connectivity index is 1.77. The molecule has 3 aromatic carbocycles. The van der Waals surface area contributed by atoms with Crippen LogP contribution in [0, 0.1) is 27.2 Å². The summed E-state index contributed by atoms with van der Waals surface area (Å²) in [4.78, 5) is 32.8. The average Bonchev–Trinajstić information content (AvgIpc) is 2.80. The second kappa shape index (κ2) is 10.0. The van der Waals surface area contributed by atoms with Gasteiger partial charge in [-0.1, -0.05) is 17.7 Å². The highest BCUT2D eigenvalue weighted by atomic mass is 16.6. The van der Waals surface area contributed by atoms with Gasteiger partial charge in [-0.15, -0.1) is 0 Å². The number of nitrogens with one attached hydrogen (secondary N) is 1. The Morgan fingerprint density at radius 3 is 2.27 bits per heavy atom. The van der Waals surface area contributed by atoms with Crippen LogP contribution in [0.1, 0.15) is 21.5 Å². The number of benzene rings is 3. The number of nitro groups is 2. The fourth-order valence-corrected chi connectivity index (χ4v) is 2.75. The number of methoxy groups -OCH3 is 1. The first-order chi connectivity index (χ1) is 15.8. The lowest BCUT2D eigenvalue weighted by Crippen LogP contribution is -2.17. The molecule has 33 heavy (non-hydrogen) atoms. The van der Waals surface area contributed by atoms with E-state index in [-0.39, 0.29) is 23.2 Å². The lowest BCUT2D eigenvalue weighted by molar-refractivity contribution is -0.394. The molecule has 0 aliphatic rings. The molecular formula is C22H18N4O7. The Kier molecular flexibility index (Phi) is 6.94. The number of aryl methyl sites for hydroxylation is 1. The number of ether oxygens (including phenoxy) is 2. The van der Waals surface area contributed by atoms with Gasteiger partial charge in [0.15, 0.2) is 11.5 Å². The van der Waals surface area contributed by atoms with Gasteiger partial charge >= 0.3 is 5.69 Å². The summed E-state index contributed by atoms with van der Waals surface area (Å²) in [7, 11) is 1.38. The molecule has 0 radical (unpaired) electrons. The highest BCUT2D eigenvalue weighted by Gasteiger charge is 2.22. The number of rotatable bonds is 8. The SMILES string of the molecule is COc1cc(C=NNC(=O)c2ccc(C)cc2)ccc1Oc1ccc([N+](=O)[O-])cc1[N+](=O)[O-]. The van der Waals surface area contributed by atoms with Crippen LogP contribution in [0.4, 0.5) is 11.4 Å². The van der Waals surface area contributed by atoms with Crippen LogP contribution >= 0.6 is 0 Å². The summed E-state index contributed by atoms with van der Waals surface area (Å²) in [5.74, 6) is -0.175.